The first-order chi connectivity index (χ1) is 15.2. The van der Waals surface area contributed by atoms with E-state index in [1.54, 1.807) is 6.92 Å². The van der Waals surface area contributed by atoms with E-state index in [0.29, 0.717) is 19.4 Å². The molecule has 0 bridgehead atoms. The van der Waals surface area contributed by atoms with Crippen LogP contribution < -0.4 is 15.4 Å². The number of carbonyl (C=O) groups excluding carboxylic acids is 1. The minimum absolute atomic E-state index is 0.155. The smallest absolute Gasteiger partial charge is 0.421 e. The fourth-order valence-electron chi connectivity index (χ4n) is 3.00. The minimum Gasteiger partial charge on any atom is -0.461 e. The summed E-state index contributed by atoms with van der Waals surface area (Å²) in [6.45, 7) is 1.60. The average molecular weight is 461 g/mol. The van der Waals surface area contributed by atoms with Gasteiger partial charge in [-0.3, -0.25) is 4.79 Å². The molecule has 0 spiro atoms. The van der Waals surface area contributed by atoms with E-state index in [9.17, 15) is 26.7 Å². The Morgan fingerprint density at radius 3 is 2.62 bits per heavy atom. The van der Waals surface area contributed by atoms with Crippen molar-refractivity contribution in [2.45, 2.75) is 13.1 Å². The fourth-order valence-corrected chi connectivity index (χ4v) is 3.00. The summed E-state index contributed by atoms with van der Waals surface area (Å²) in [7, 11) is 0. The van der Waals surface area contributed by atoms with Gasteiger partial charge in [0.2, 0.25) is 12.8 Å². The van der Waals surface area contributed by atoms with Crippen LogP contribution in [-0.2, 0) is 10.9 Å². The third-order valence-electron chi connectivity index (χ3n) is 4.49. The van der Waals surface area contributed by atoms with Gasteiger partial charge >= 0.3 is 6.18 Å². The van der Waals surface area contributed by atoms with Gasteiger partial charge in [0.05, 0.1) is 24.5 Å². The monoisotopic (exact) mass is 461 g/mol. The molecule has 13 heteroatoms. The lowest BCUT2D eigenvalue weighted by atomic mass is 10.1. The molecule has 0 radical (unpaired) electrons. The quantitative estimate of drug-likeness (QED) is 0.610. The molecule has 0 saturated carbocycles. The molecule has 174 valence electrons. The van der Waals surface area contributed by atoms with Gasteiger partial charge in [-0.15, -0.1) is 0 Å². The summed E-state index contributed by atoms with van der Waals surface area (Å²) >= 11 is 0. The molecule has 2 heterocycles. The van der Waals surface area contributed by atoms with Crippen molar-refractivity contribution in [1.29, 1.82) is 0 Å². The number of benzene rings is 1. The molecule has 1 aliphatic heterocycles. The average Bonchev–Trinajstić information content (AvgIpc) is 2.75. The Kier molecular flexibility index (Phi) is 7.28. The fraction of sp³-hybridized carbons (Fsp3) is 0.421. The zero-order valence-electron chi connectivity index (χ0n) is 16.9. The van der Waals surface area contributed by atoms with Crippen molar-refractivity contribution in [3.63, 3.8) is 0 Å². The number of halogens is 5. The van der Waals surface area contributed by atoms with E-state index in [2.05, 4.69) is 20.6 Å². The molecule has 2 aromatic rings. The van der Waals surface area contributed by atoms with Crippen LogP contribution in [0, 0.1) is 5.82 Å². The number of morpholine rings is 1. The zero-order valence-corrected chi connectivity index (χ0v) is 16.9. The number of alkyl halides is 4. The van der Waals surface area contributed by atoms with Crippen molar-refractivity contribution in [2.75, 3.05) is 50.3 Å². The van der Waals surface area contributed by atoms with Crippen molar-refractivity contribution in [3.8, 4) is 5.75 Å². The van der Waals surface area contributed by atoms with Crippen LogP contribution in [0.25, 0.3) is 0 Å². The molecule has 1 aliphatic rings. The molecule has 0 unspecified atom stereocenters. The Morgan fingerprint density at radius 1 is 1.28 bits per heavy atom. The number of ether oxygens (including phenoxy) is 2. The summed E-state index contributed by atoms with van der Waals surface area (Å²) in [6.07, 6.45) is -4.12. The predicted molar refractivity (Wildman–Crippen MR) is 104 cm³/mol. The Labute approximate surface area is 179 Å². The molecule has 8 nitrogen and oxygen atoms in total. The number of carbonyl (C=O) groups is 1. The van der Waals surface area contributed by atoms with Gasteiger partial charge in [0.25, 0.3) is 5.91 Å². The van der Waals surface area contributed by atoms with E-state index in [4.69, 9.17) is 9.47 Å². The standard InChI is InChI=1S/C19H20F5N5O3/c1-2-25-16-12(19(22,23)24)9-26-18(28-16)27-14-8-13(21)11(7-15(14)32-10-20)17(30)29-3-5-31-6-4-29/h7-9H,2-6,10H2,1H3,(H2,25,26,27,28). The van der Waals surface area contributed by atoms with E-state index in [1.165, 1.54) is 4.90 Å². The van der Waals surface area contributed by atoms with Crippen molar-refractivity contribution in [2.24, 2.45) is 0 Å². The largest absolute Gasteiger partial charge is 0.461 e. The van der Waals surface area contributed by atoms with Crippen LogP contribution in [0.1, 0.15) is 22.8 Å². The van der Waals surface area contributed by atoms with Gasteiger partial charge in [-0.05, 0) is 13.0 Å². The molecule has 32 heavy (non-hydrogen) atoms. The first-order valence-corrected chi connectivity index (χ1v) is 9.59. The van der Waals surface area contributed by atoms with Gasteiger partial charge in [0, 0.05) is 31.9 Å². The number of nitrogens with zero attached hydrogens (tertiary/aromatic N) is 3. The molecule has 1 aromatic heterocycles. The summed E-state index contributed by atoms with van der Waals surface area (Å²) in [6, 6.07) is 1.89. The SMILES string of the molecule is CCNc1nc(Nc2cc(F)c(C(=O)N3CCOCC3)cc2OCF)ncc1C(F)(F)F. The van der Waals surface area contributed by atoms with E-state index in [-0.39, 0.29) is 42.6 Å². The number of hydrogen-bond donors (Lipinski definition) is 2. The van der Waals surface area contributed by atoms with E-state index >= 15 is 0 Å². The number of hydrogen-bond acceptors (Lipinski definition) is 7. The summed E-state index contributed by atoms with van der Waals surface area (Å²) in [5.41, 5.74) is -1.59. The molecule has 1 fully saturated rings. The van der Waals surface area contributed by atoms with Gasteiger partial charge in [0.1, 0.15) is 22.9 Å². The number of amides is 1. The van der Waals surface area contributed by atoms with Gasteiger partial charge < -0.3 is 25.0 Å². The van der Waals surface area contributed by atoms with E-state index < -0.39 is 36.1 Å². The van der Waals surface area contributed by atoms with Crippen LogP contribution in [0.5, 0.6) is 5.75 Å². The molecule has 0 aliphatic carbocycles. The highest BCUT2D eigenvalue weighted by atomic mass is 19.4. The topological polar surface area (TPSA) is 88.6 Å². The van der Waals surface area contributed by atoms with Crippen LogP contribution in [0.3, 0.4) is 0 Å². The summed E-state index contributed by atoms with van der Waals surface area (Å²) in [5, 5.41) is 5.00. The molecule has 1 amide bonds. The van der Waals surface area contributed by atoms with Crippen molar-refractivity contribution < 1.29 is 36.2 Å². The second-order valence-electron chi connectivity index (χ2n) is 6.60. The van der Waals surface area contributed by atoms with Gasteiger partial charge in [0.15, 0.2) is 0 Å². The van der Waals surface area contributed by atoms with Gasteiger partial charge in [-0.25, -0.2) is 13.8 Å². The van der Waals surface area contributed by atoms with Gasteiger partial charge in [-0.1, -0.05) is 0 Å². The molecule has 1 saturated heterocycles. The first-order valence-electron chi connectivity index (χ1n) is 9.59. The van der Waals surface area contributed by atoms with Crippen LogP contribution in [-0.4, -0.2) is 60.5 Å². The Bertz CT molecular complexity index is 967. The third kappa shape index (κ3) is 5.33. The predicted octanol–water partition coefficient (Wildman–Crippen LogP) is 3.59. The Hall–Kier alpha value is -3.22. The summed E-state index contributed by atoms with van der Waals surface area (Å²) in [4.78, 5) is 21.4. The number of anilines is 3. The highest BCUT2D eigenvalue weighted by molar-refractivity contribution is 5.96. The van der Waals surface area contributed by atoms with Crippen molar-refractivity contribution in [1.82, 2.24) is 14.9 Å². The third-order valence-corrected chi connectivity index (χ3v) is 4.49. The van der Waals surface area contributed by atoms with E-state index in [1.807, 2.05) is 0 Å². The number of rotatable bonds is 7. The summed E-state index contributed by atoms with van der Waals surface area (Å²) < 4.78 is 77.0. The second kappa shape index (κ2) is 9.94. The number of aromatic nitrogens is 2. The molecule has 0 atom stereocenters. The Balaban J connectivity index is 1.93. The maximum Gasteiger partial charge on any atom is 0.421 e. The maximum atomic E-state index is 14.7. The first kappa shape index (κ1) is 23.4. The van der Waals surface area contributed by atoms with Crippen LogP contribution in [0.4, 0.5) is 39.4 Å². The van der Waals surface area contributed by atoms with Crippen LogP contribution in [0.2, 0.25) is 0 Å². The summed E-state index contributed by atoms with van der Waals surface area (Å²) in [5.74, 6) is -2.59. The van der Waals surface area contributed by atoms with E-state index in [0.717, 1.165) is 12.1 Å². The van der Waals surface area contributed by atoms with Crippen LogP contribution in [0.15, 0.2) is 18.3 Å². The normalized spacial score (nSPS) is 14.2. The number of nitrogens with one attached hydrogen (secondary N) is 2. The Morgan fingerprint density at radius 2 is 2.00 bits per heavy atom. The molecule has 3 rings (SSSR count). The molecular formula is C19H20F5N5O3. The molecule has 2 N–H and O–H groups in total. The van der Waals surface area contributed by atoms with Crippen molar-refractivity contribution >= 4 is 23.4 Å². The lowest BCUT2D eigenvalue weighted by molar-refractivity contribution is -0.137. The lowest BCUT2D eigenvalue weighted by Gasteiger charge is -2.27. The molecular weight excluding hydrogens is 441 g/mol. The zero-order chi connectivity index (χ0) is 23.3. The minimum atomic E-state index is -4.69. The lowest BCUT2D eigenvalue weighted by Crippen LogP contribution is -2.41. The van der Waals surface area contributed by atoms with Crippen molar-refractivity contribution in [3.05, 3.63) is 35.3 Å². The second-order valence-corrected chi connectivity index (χ2v) is 6.60. The van der Waals surface area contributed by atoms with Crippen LogP contribution >= 0.6 is 0 Å². The molecule has 1 aromatic carbocycles. The highest BCUT2D eigenvalue weighted by Gasteiger charge is 2.35. The van der Waals surface area contributed by atoms with Gasteiger partial charge in [-0.2, -0.15) is 18.2 Å². The maximum absolute atomic E-state index is 14.7. The highest BCUT2D eigenvalue weighted by Crippen LogP contribution is 2.35.